The van der Waals surface area contributed by atoms with Gasteiger partial charge in [0.15, 0.2) is 11.0 Å². The summed E-state index contributed by atoms with van der Waals surface area (Å²) in [5, 5.41) is 11.6. The van der Waals surface area contributed by atoms with Gasteiger partial charge in [0.05, 0.1) is 19.4 Å². The average molecular weight is 468 g/mol. The molecule has 3 rings (SSSR count). The van der Waals surface area contributed by atoms with Crippen molar-refractivity contribution in [3.8, 4) is 5.75 Å². The Bertz CT molecular complexity index is 955. The molecule has 9 nitrogen and oxygen atoms in total. The van der Waals surface area contributed by atoms with Gasteiger partial charge in [0.25, 0.3) is 0 Å². The van der Waals surface area contributed by atoms with Crippen LogP contribution < -0.4 is 9.04 Å². The van der Waals surface area contributed by atoms with Gasteiger partial charge in [-0.1, -0.05) is 16.8 Å². The second kappa shape index (κ2) is 11.3. The quantitative estimate of drug-likeness (QED) is 0.286. The molecule has 0 atom stereocenters. The van der Waals surface area contributed by atoms with Crippen molar-refractivity contribution < 1.29 is 18.0 Å². The maximum Gasteiger partial charge on any atom is 0.305 e. The number of ether oxygens (including phenoxy) is 1. The number of benzene rings is 1. The van der Waals surface area contributed by atoms with Crippen molar-refractivity contribution in [1.82, 2.24) is 14.5 Å². The summed E-state index contributed by atoms with van der Waals surface area (Å²) in [7, 11) is -3.57. The Balaban J connectivity index is 1.36. The summed E-state index contributed by atoms with van der Waals surface area (Å²) in [6, 6.07) is 10.7. The van der Waals surface area contributed by atoms with Crippen LogP contribution >= 0.6 is 11.6 Å². The molecule has 2 aromatic rings. The van der Waals surface area contributed by atoms with E-state index in [0.29, 0.717) is 32.8 Å². The molecule has 11 heteroatoms. The lowest BCUT2D eigenvalue weighted by molar-refractivity contribution is 0.160. The highest BCUT2D eigenvalue weighted by Gasteiger charge is 2.37. The molecule has 1 aromatic carbocycles. The largest absolute Gasteiger partial charge is 0.494 e. The van der Waals surface area contributed by atoms with E-state index in [1.165, 1.54) is 14.7 Å². The minimum atomic E-state index is -3.57. The second-order valence-electron chi connectivity index (χ2n) is 6.82. The van der Waals surface area contributed by atoms with Gasteiger partial charge in [-0.25, -0.2) is 4.31 Å². The number of rotatable bonds is 11. The van der Waals surface area contributed by atoms with Gasteiger partial charge in [0, 0.05) is 13.1 Å². The van der Waals surface area contributed by atoms with Crippen molar-refractivity contribution in [3.63, 3.8) is 0 Å². The molecule has 1 aliphatic rings. The number of oxime groups is 1. The molecule has 0 unspecified atom stereocenters. The number of nitrogens with zero attached hydrogens (tertiary/aromatic N) is 5. The summed E-state index contributed by atoms with van der Waals surface area (Å²) in [5.74, 6) is 1.07. The molecular weight excluding hydrogens is 442 g/mol. The van der Waals surface area contributed by atoms with E-state index in [1.54, 1.807) is 12.3 Å². The van der Waals surface area contributed by atoms with E-state index in [4.69, 9.17) is 21.2 Å². The minimum absolute atomic E-state index is 0.228. The molecule has 0 spiro atoms. The molecule has 0 saturated carbocycles. The van der Waals surface area contributed by atoms with Crippen LogP contribution in [0, 0.1) is 0 Å². The Morgan fingerprint density at radius 3 is 2.61 bits per heavy atom. The van der Waals surface area contributed by atoms with Crippen LogP contribution in [0.25, 0.3) is 0 Å². The molecule has 0 bridgehead atoms. The van der Waals surface area contributed by atoms with Crippen LogP contribution in [0.4, 0.5) is 5.82 Å². The first kappa shape index (κ1) is 23.2. The van der Waals surface area contributed by atoms with Crippen molar-refractivity contribution in [2.24, 2.45) is 5.16 Å². The molecular formula is C20H26ClN5O4S. The maximum absolute atomic E-state index is 12.7. The molecule has 0 N–H and O–H groups in total. The van der Waals surface area contributed by atoms with Gasteiger partial charge in [-0.15, -0.1) is 10.2 Å². The van der Waals surface area contributed by atoms with E-state index in [0.717, 1.165) is 30.6 Å². The summed E-state index contributed by atoms with van der Waals surface area (Å²) < 4.78 is 33.9. The van der Waals surface area contributed by atoms with Gasteiger partial charge >= 0.3 is 10.2 Å². The van der Waals surface area contributed by atoms with Crippen LogP contribution in [0.15, 0.2) is 41.6 Å². The van der Waals surface area contributed by atoms with E-state index in [9.17, 15) is 8.42 Å². The summed E-state index contributed by atoms with van der Waals surface area (Å²) >= 11 is 5.73. The average Bonchev–Trinajstić information content (AvgIpc) is 3.06. The third kappa shape index (κ3) is 6.52. The second-order valence-corrected chi connectivity index (χ2v) is 9.06. The lowest BCUT2D eigenvalue weighted by atomic mass is 10.2. The third-order valence-corrected chi connectivity index (χ3v) is 6.78. The van der Waals surface area contributed by atoms with Gasteiger partial charge in [-0.2, -0.15) is 12.7 Å². The number of aromatic nitrogens is 2. The minimum Gasteiger partial charge on any atom is -0.494 e. The topological polar surface area (TPSA) is 97.2 Å². The molecule has 0 amide bonds. The molecule has 1 aromatic heterocycles. The molecule has 168 valence electrons. The number of anilines is 1. The van der Waals surface area contributed by atoms with Crippen LogP contribution in [0.2, 0.25) is 5.15 Å². The smallest absolute Gasteiger partial charge is 0.305 e. The molecule has 31 heavy (non-hydrogen) atoms. The van der Waals surface area contributed by atoms with E-state index < -0.39 is 10.2 Å². The first-order chi connectivity index (χ1) is 15.0. The highest BCUT2D eigenvalue weighted by molar-refractivity contribution is 7.90. The molecule has 1 saturated heterocycles. The normalized spacial score (nSPS) is 16.1. The summed E-state index contributed by atoms with van der Waals surface area (Å²) in [4.78, 5) is 4.94. The number of hydrogen-bond acceptors (Lipinski definition) is 7. The first-order valence-electron chi connectivity index (χ1n) is 10.2. The fourth-order valence-electron chi connectivity index (χ4n) is 3.05. The Hall–Kier alpha value is -2.43. The van der Waals surface area contributed by atoms with E-state index in [1.807, 2.05) is 31.2 Å². The highest BCUT2D eigenvalue weighted by Crippen LogP contribution is 2.24. The third-order valence-electron chi connectivity index (χ3n) is 4.64. The standard InChI is InChI=1S/C20H26ClN5O4S/c1-2-30-22-16-17-6-8-18(9-7-17)29-15-5-3-4-12-25-13-14-26(31(25,27)28)20-11-10-19(21)23-24-20/h6-11,16H,2-5,12-15H2,1H3/b22-16+. The summed E-state index contributed by atoms with van der Waals surface area (Å²) in [6.45, 7) is 4.24. The lowest BCUT2D eigenvalue weighted by Gasteiger charge is -2.18. The Morgan fingerprint density at radius 1 is 1.10 bits per heavy atom. The van der Waals surface area contributed by atoms with Crippen LogP contribution in [0.1, 0.15) is 31.7 Å². The lowest BCUT2D eigenvalue weighted by Crippen LogP contribution is -2.34. The fourth-order valence-corrected chi connectivity index (χ4v) is 4.75. The van der Waals surface area contributed by atoms with E-state index >= 15 is 0 Å². The Morgan fingerprint density at radius 2 is 1.90 bits per heavy atom. The van der Waals surface area contributed by atoms with Gasteiger partial charge in [0.2, 0.25) is 0 Å². The Kier molecular flexibility index (Phi) is 8.44. The summed E-state index contributed by atoms with van der Waals surface area (Å²) in [5.41, 5.74) is 0.936. The van der Waals surface area contributed by atoms with Crippen LogP contribution in [0.3, 0.4) is 0 Å². The van der Waals surface area contributed by atoms with Crippen LogP contribution in [-0.4, -0.2) is 62.0 Å². The van der Waals surface area contributed by atoms with E-state index in [-0.39, 0.29) is 11.0 Å². The fraction of sp³-hybridized carbons (Fsp3) is 0.450. The molecule has 2 heterocycles. The predicted molar refractivity (Wildman–Crippen MR) is 120 cm³/mol. The first-order valence-corrected chi connectivity index (χ1v) is 11.9. The molecule has 1 fully saturated rings. The van der Waals surface area contributed by atoms with Gasteiger partial charge in [-0.3, -0.25) is 0 Å². The highest BCUT2D eigenvalue weighted by atomic mass is 35.5. The van der Waals surface area contributed by atoms with Crippen molar-refractivity contribution >= 4 is 33.8 Å². The molecule has 0 aliphatic carbocycles. The van der Waals surface area contributed by atoms with Crippen molar-refractivity contribution in [2.75, 3.05) is 37.2 Å². The van der Waals surface area contributed by atoms with Crippen LogP contribution in [-0.2, 0) is 15.0 Å². The molecule has 1 aliphatic heterocycles. The van der Waals surface area contributed by atoms with E-state index in [2.05, 4.69) is 15.4 Å². The summed E-state index contributed by atoms with van der Waals surface area (Å²) in [6.07, 6.45) is 4.12. The maximum atomic E-state index is 12.7. The number of unbranched alkanes of at least 4 members (excludes halogenated alkanes) is 2. The predicted octanol–water partition coefficient (Wildman–Crippen LogP) is 3.12. The monoisotopic (exact) mass is 467 g/mol. The molecule has 0 radical (unpaired) electrons. The van der Waals surface area contributed by atoms with Gasteiger partial charge in [-0.05, 0) is 68.1 Å². The number of hydrogen-bond donors (Lipinski definition) is 0. The van der Waals surface area contributed by atoms with Gasteiger partial charge in [0.1, 0.15) is 12.4 Å². The Labute approximate surface area is 187 Å². The van der Waals surface area contributed by atoms with Gasteiger partial charge < -0.3 is 9.57 Å². The SMILES string of the molecule is CCO/N=C/c1ccc(OCCCCCN2CCN(c3ccc(Cl)nn3)S2(=O)=O)cc1. The van der Waals surface area contributed by atoms with Crippen molar-refractivity contribution in [2.45, 2.75) is 26.2 Å². The van der Waals surface area contributed by atoms with Crippen LogP contribution in [0.5, 0.6) is 5.75 Å². The zero-order valence-electron chi connectivity index (χ0n) is 17.4. The zero-order valence-corrected chi connectivity index (χ0v) is 18.9. The van der Waals surface area contributed by atoms with Crippen molar-refractivity contribution in [1.29, 1.82) is 0 Å². The van der Waals surface area contributed by atoms with Crippen molar-refractivity contribution in [3.05, 3.63) is 47.1 Å². The zero-order chi connectivity index (χ0) is 22.1. The number of halogens is 1.